The SMILES string of the molecule is CC/C=C\C/C=C\C/C=C\C/C=C\C/C=C\C/C=C\C/C=C\CCCCCCCCCCCC(=O)OC(COC(=O)CCCCCCCCCCCCCCCC/C=C\C/C=C\C/C=C\C/C=C\CC)COP(=O)(O)OCC[N+](C)(C)C. The lowest BCUT2D eigenvalue weighted by atomic mass is 10.0. The van der Waals surface area contributed by atoms with E-state index in [-0.39, 0.29) is 32.0 Å². The van der Waals surface area contributed by atoms with E-state index in [4.69, 9.17) is 18.5 Å². The van der Waals surface area contributed by atoms with Crippen molar-refractivity contribution in [1.29, 1.82) is 0 Å². The lowest BCUT2D eigenvalue weighted by molar-refractivity contribution is -0.870. The summed E-state index contributed by atoms with van der Waals surface area (Å²) in [6, 6.07) is 0. The molecule has 0 aliphatic carbocycles. The summed E-state index contributed by atoms with van der Waals surface area (Å²) < 4.78 is 34.7. The number of likely N-dealkylation sites (N-methyl/N-ethyl adjacent to an activating group) is 1. The van der Waals surface area contributed by atoms with Crippen LogP contribution in [0.15, 0.2) is 134 Å². The highest BCUT2D eigenvalue weighted by atomic mass is 31.2. The van der Waals surface area contributed by atoms with Crippen LogP contribution >= 0.6 is 7.82 Å². The molecule has 0 aromatic carbocycles. The number of hydrogen-bond donors (Lipinski definition) is 1. The number of phosphoric ester groups is 1. The standard InChI is InChI=1S/C72H122NO8P/c1-6-8-10-12-14-16-18-20-22-24-26-28-30-32-34-35-36-37-39-41-43-45-47-49-51-53-55-57-59-61-63-65-72(75)81-70(69-80-82(76,77)79-67-66-73(3,4)5)68-78-71(74)64-62-60-58-56-54-52-50-48-46-44-42-40-38-33-31-29-27-25-23-21-19-17-15-13-11-9-7-2/h8-11,14-17,20-23,26-29,32,34,36-37,41,43,70H,6-7,12-13,18-19,24-25,30-31,33,35,38-40,42,44-69H2,1-5H3/p+1/b10-8-,11-9-,16-14-,17-15-,22-20-,23-21-,28-26-,29-27-,34-32-,37-36-,43-41-. The number of ether oxygens (including phenoxy) is 2. The Morgan fingerprint density at radius 1 is 0.378 bits per heavy atom. The van der Waals surface area contributed by atoms with Crippen molar-refractivity contribution in [3.63, 3.8) is 0 Å². The minimum atomic E-state index is -4.40. The Morgan fingerprint density at radius 3 is 0.976 bits per heavy atom. The summed E-state index contributed by atoms with van der Waals surface area (Å²) in [6.45, 7) is 4.20. The predicted molar refractivity (Wildman–Crippen MR) is 353 cm³/mol. The zero-order chi connectivity index (χ0) is 59.8. The number of unbranched alkanes of at least 4 members (excludes halogenated alkanes) is 23. The van der Waals surface area contributed by atoms with Crippen molar-refractivity contribution >= 4 is 19.8 Å². The van der Waals surface area contributed by atoms with Crippen LogP contribution in [0.2, 0.25) is 0 Å². The van der Waals surface area contributed by atoms with Gasteiger partial charge in [0.05, 0.1) is 27.7 Å². The Balaban J connectivity index is 4.14. The Bertz CT molecular complexity index is 1850. The van der Waals surface area contributed by atoms with Gasteiger partial charge in [0.2, 0.25) is 0 Å². The average molecular weight is 1160 g/mol. The molecule has 0 aliphatic rings. The van der Waals surface area contributed by atoms with Gasteiger partial charge in [-0.2, -0.15) is 0 Å². The molecule has 9 nitrogen and oxygen atoms in total. The zero-order valence-corrected chi connectivity index (χ0v) is 54.1. The van der Waals surface area contributed by atoms with Gasteiger partial charge in [0.1, 0.15) is 19.8 Å². The van der Waals surface area contributed by atoms with Gasteiger partial charge in [0.15, 0.2) is 6.10 Å². The molecule has 0 aliphatic heterocycles. The van der Waals surface area contributed by atoms with Crippen LogP contribution in [-0.4, -0.2) is 74.9 Å². The Labute approximate surface area is 504 Å². The van der Waals surface area contributed by atoms with Gasteiger partial charge in [-0.3, -0.25) is 18.6 Å². The summed E-state index contributed by atoms with van der Waals surface area (Å²) in [5.74, 6) is -0.808. The van der Waals surface area contributed by atoms with Gasteiger partial charge < -0.3 is 18.9 Å². The molecule has 82 heavy (non-hydrogen) atoms. The number of esters is 2. The third kappa shape index (κ3) is 65.3. The van der Waals surface area contributed by atoms with Gasteiger partial charge in [-0.15, -0.1) is 0 Å². The van der Waals surface area contributed by atoms with E-state index in [9.17, 15) is 19.0 Å². The summed E-state index contributed by atoms with van der Waals surface area (Å²) in [6.07, 6.45) is 89.6. The largest absolute Gasteiger partial charge is 0.472 e. The minimum Gasteiger partial charge on any atom is -0.462 e. The van der Waals surface area contributed by atoms with Crippen LogP contribution in [0.4, 0.5) is 0 Å². The molecule has 2 atom stereocenters. The van der Waals surface area contributed by atoms with Crippen molar-refractivity contribution in [1.82, 2.24) is 0 Å². The number of quaternary nitrogens is 1. The zero-order valence-electron chi connectivity index (χ0n) is 53.2. The summed E-state index contributed by atoms with van der Waals surface area (Å²) in [5.41, 5.74) is 0. The molecule has 468 valence electrons. The average Bonchev–Trinajstić information content (AvgIpc) is 3.46. The van der Waals surface area contributed by atoms with Crippen molar-refractivity contribution in [3.8, 4) is 0 Å². The molecule has 0 bridgehead atoms. The van der Waals surface area contributed by atoms with Crippen molar-refractivity contribution < 1.29 is 42.1 Å². The predicted octanol–water partition coefficient (Wildman–Crippen LogP) is 21.3. The number of carbonyl (C=O) groups is 2. The van der Waals surface area contributed by atoms with Gasteiger partial charge in [-0.1, -0.05) is 270 Å². The highest BCUT2D eigenvalue weighted by Crippen LogP contribution is 2.43. The van der Waals surface area contributed by atoms with E-state index in [0.717, 1.165) is 116 Å². The molecule has 0 spiro atoms. The third-order valence-electron chi connectivity index (χ3n) is 13.7. The van der Waals surface area contributed by atoms with E-state index < -0.39 is 26.5 Å². The van der Waals surface area contributed by atoms with Crippen LogP contribution in [0.3, 0.4) is 0 Å². The highest BCUT2D eigenvalue weighted by Gasteiger charge is 2.27. The molecule has 0 aromatic rings. The minimum absolute atomic E-state index is 0.0243. The number of allylic oxidation sites excluding steroid dienone is 22. The first-order chi connectivity index (χ1) is 40.0. The van der Waals surface area contributed by atoms with E-state index in [1.807, 2.05) is 21.1 Å². The molecule has 0 radical (unpaired) electrons. The molecule has 2 unspecified atom stereocenters. The van der Waals surface area contributed by atoms with E-state index in [1.165, 1.54) is 109 Å². The third-order valence-corrected chi connectivity index (χ3v) is 14.7. The van der Waals surface area contributed by atoms with Crippen LogP contribution < -0.4 is 0 Å². The van der Waals surface area contributed by atoms with E-state index >= 15 is 0 Å². The second-order valence-electron chi connectivity index (χ2n) is 22.7. The molecule has 0 fully saturated rings. The van der Waals surface area contributed by atoms with Crippen molar-refractivity contribution in [3.05, 3.63) is 134 Å². The van der Waals surface area contributed by atoms with Gasteiger partial charge in [-0.05, 0) is 109 Å². The Morgan fingerprint density at radius 2 is 0.659 bits per heavy atom. The van der Waals surface area contributed by atoms with Gasteiger partial charge >= 0.3 is 19.8 Å². The van der Waals surface area contributed by atoms with Gasteiger partial charge in [-0.25, -0.2) is 4.57 Å². The van der Waals surface area contributed by atoms with Crippen LogP contribution in [0.25, 0.3) is 0 Å². The van der Waals surface area contributed by atoms with E-state index in [2.05, 4.69) is 148 Å². The molecular formula is C72H123NO8P+. The molecule has 0 amide bonds. The maximum absolute atomic E-state index is 12.9. The molecular weight excluding hydrogens is 1040 g/mol. The molecule has 0 saturated carbocycles. The van der Waals surface area contributed by atoms with Crippen molar-refractivity contribution in [2.24, 2.45) is 0 Å². The number of nitrogens with zero attached hydrogens (tertiary/aromatic N) is 1. The fraction of sp³-hybridized carbons (Fsp3) is 0.667. The number of phosphoric acid groups is 1. The number of rotatable bonds is 59. The summed E-state index contributed by atoms with van der Waals surface area (Å²) in [7, 11) is 1.46. The normalized spacial score (nSPS) is 14.1. The second kappa shape index (κ2) is 61.7. The van der Waals surface area contributed by atoms with E-state index in [0.29, 0.717) is 17.4 Å². The lowest BCUT2D eigenvalue weighted by Gasteiger charge is -2.24. The summed E-state index contributed by atoms with van der Waals surface area (Å²) in [5, 5.41) is 0. The van der Waals surface area contributed by atoms with Crippen LogP contribution in [-0.2, 0) is 32.7 Å². The first-order valence-corrected chi connectivity index (χ1v) is 34.4. The monoisotopic (exact) mass is 1160 g/mol. The van der Waals surface area contributed by atoms with Crippen LogP contribution in [0.1, 0.15) is 258 Å². The summed E-state index contributed by atoms with van der Waals surface area (Å²) in [4.78, 5) is 35.8. The second-order valence-corrected chi connectivity index (χ2v) is 24.2. The van der Waals surface area contributed by atoms with Crippen molar-refractivity contribution in [2.75, 3.05) is 47.5 Å². The first kappa shape index (κ1) is 78.1. The fourth-order valence-electron chi connectivity index (χ4n) is 8.69. The quantitative estimate of drug-likeness (QED) is 0.0211. The van der Waals surface area contributed by atoms with Crippen LogP contribution in [0.5, 0.6) is 0 Å². The van der Waals surface area contributed by atoms with E-state index in [1.54, 1.807) is 0 Å². The Kier molecular flexibility index (Phi) is 58.8. The highest BCUT2D eigenvalue weighted by molar-refractivity contribution is 7.47. The molecule has 0 heterocycles. The number of hydrogen-bond acceptors (Lipinski definition) is 7. The maximum Gasteiger partial charge on any atom is 0.472 e. The van der Waals surface area contributed by atoms with Gasteiger partial charge in [0.25, 0.3) is 0 Å². The van der Waals surface area contributed by atoms with Gasteiger partial charge in [0, 0.05) is 12.8 Å². The molecule has 0 aromatic heterocycles. The molecule has 1 N–H and O–H groups in total. The first-order valence-electron chi connectivity index (χ1n) is 32.9. The summed E-state index contributed by atoms with van der Waals surface area (Å²) >= 11 is 0. The van der Waals surface area contributed by atoms with Crippen molar-refractivity contribution in [2.45, 2.75) is 264 Å². The molecule has 10 heteroatoms. The maximum atomic E-state index is 12.9. The molecule has 0 saturated heterocycles. The number of carbonyl (C=O) groups excluding carboxylic acids is 2. The van der Waals surface area contributed by atoms with Crippen LogP contribution in [0, 0.1) is 0 Å². The fourth-order valence-corrected chi connectivity index (χ4v) is 9.44. The smallest absolute Gasteiger partial charge is 0.462 e. The molecule has 0 rings (SSSR count). The lowest BCUT2D eigenvalue weighted by Crippen LogP contribution is -2.37. The Hall–Kier alpha value is -3.85. The topological polar surface area (TPSA) is 108 Å².